The van der Waals surface area contributed by atoms with E-state index in [-0.39, 0.29) is 17.6 Å². The van der Waals surface area contributed by atoms with Gasteiger partial charge in [0.2, 0.25) is 0 Å². The van der Waals surface area contributed by atoms with Gasteiger partial charge in [-0.25, -0.2) is 5.43 Å². The Hall–Kier alpha value is -3.45. The molecule has 0 bridgehead atoms. The number of hydrogen-bond donors (Lipinski definition) is 2. The fourth-order valence-corrected chi connectivity index (χ4v) is 3.77. The molecule has 158 valence electrons. The molecule has 2 amide bonds. The second-order valence-electron chi connectivity index (χ2n) is 7.32. The molecule has 0 unspecified atom stereocenters. The Kier molecular flexibility index (Phi) is 5.86. The van der Waals surface area contributed by atoms with Gasteiger partial charge in [-0.1, -0.05) is 17.7 Å². The fourth-order valence-electron chi connectivity index (χ4n) is 3.60. The Morgan fingerprint density at radius 2 is 1.94 bits per heavy atom. The van der Waals surface area contributed by atoms with Crippen molar-refractivity contribution < 1.29 is 14.0 Å². The number of aryl methyl sites for hydroxylation is 1. The lowest BCUT2D eigenvalue weighted by molar-refractivity contribution is 0.0953. The lowest BCUT2D eigenvalue weighted by atomic mass is 9.93. The predicted molar refractivity (Wildman–Crippen MR) is 119 cm³/mol. The van der Waals surface area contributed by atoms with Gasteiger partial charge in [-0.15, -0.1) is 0 Å². The highest BCUT2D eigenvalue weighted by Gasteiger charge is 2.28. The highest BCUT2D eigenvalue weighted by molar-refractivity contribution is 6.31. The zero-order valence-electron chi connectivity index (χ0n) is 17.2. The van der Waals surface area contributed by atoms with Gasteiger partial charge >= 0.3 is 0 Å². The number of anilines is 1. The van der Waals surface area contributed by atoms with Gasteiger partial charge in [-0.3, -0.25) is 14.6 Å². The van der Waals surface area contributed by atoms with Crippen LogP contribution in [0.15, 0.2) is 52.2 Å². The van der Waals surface area contributed by atoms with Gasteiger partial charge in [0.05, 0.1) is 11.3 Å². The number of benzene rings is 1. The van der Waals surface area contributed by atoms with Gasteiger partial charge in [-0.2, -0.15) is 5.10 Å². The summed E-state index contributed by atoms with van der Waals surface area (Å²) < 4.78 is 5.91. The van der Waals surface area contributed by atoms with Crippen molar-refractivity contribution in [2.45, 2.75) is 33.1 Å². The van der Waals surface area contributed by atoms with Crippen LogP contribution >= 0.6 is 11.6 Å². The molecule has 2 aromatic heterocycles. The van der Waals surface area contributed by atoms with Crippen LogP contribution < -0.4 is 10.7 Å². The van der Waals surface area contributed by atoms with Crippen molar-refractivity contribution >= 4 is 34.8 Å². The molecule has 0 saturated heterocycles. The summed E-state index contributed by atoms with van der Waals surface area (Å²) in [5.74, 6) is 0.239. The van der Waals surface area contributed by atoms with Crippen molar-refractivity contribution in [2.24, 2.45) is 5.10 Å². The third-order valence-corrected chi connectivity index (χ3v) is 5.67. The summed E-state index contributed by atoms with van der Waals surface area (Å²) in [4.78, 5) is 29.2. The molecule has 2 heterocycles. The number of pyridine rings is 1. The van der Waals surface area contributed by atoms with Gasteiger partial charge in [0.25, 0.3) is 11.8 Å². The Morgan fingerprint density at radius 3 is 2.71 bits per heavy atom. The third-order valence-electron chi connectivity index (χ3n) is 5.26. The van der Waals surface area contributed by atoms with Crippen LogP contribution in [0.25, 0.3) is 0 Å². The van der Waals surface area contributed by atoms with Crippen LogP contribution in [0.2, 0.25) is 5.02 Å². The van der Waals surface area contributed by atoms with Crippen molar-refractivity contribution in [1.82, 2.24) is 10.4 Å². The summed E-state index contributed by atoms with van der Waals surface area (Å²) in [5.41, 5.74) is 6.58. The number of nitrogens with one attached hydrogen (secondary N) is 2. The Morgan fingerprint density at radius 1 is 1.10 bits per heavy atom. The molecule has 8 heteroatoms. The Balaban J connectivity index is 1.59. The number of fused-ring (bicyclic) bond motifs is 1. The molecule has 1 aromatic carbocycles. The minimum atomic E-state index is -0.351. The van der Waals surface area contributed by atoms with Gasteiger partial charge in [-0.05, 0) is 56.5 Å². The third kappa shape index (κ3) is 4.22. The highest BCUT2D eigenvalue weighted by Crippen LogP contribution is 2.31. The lowest BCUT2D eigenvalue weighted by Gasteiger charge is -2.13. The van der Waals surface area contributed by atoms with Crippen LogP contribution in [-0.4, -0.2) is 22.5 Å². The Labute approximate surface area is 184 Å². The SMILES string of the molecule is Cc1c(Cl)cccc1NC(=O)c1oc2c(c1C)/C(=N/NC(=O)c1cccnc1)CCC2. The summed E-state index contributed by atoms with van der Waals surface area (Å²) in [6.07, 6.45) is 5.27. The van der Waals surface area contributed by atoms with Crippen molar-refractivity contribution in [3.63, 3.8) is 0 Å². The maximum absolute atomic E-state index is 12.9. The number of halogens is 1. The number of carbonyl (C=O) groups excluding carboxylic acids is 2. The van der Waals surface area contributed by atoms with Gasteiger partial charge in [0.15, 0.2) is 5.76 Å². The first-order valence-corrected chi connectivity index (χ1v) is 10.3. The number of carbonyl (C=O) groups is 2. The van der Waals surface area contributed by atoms with Crippen LogP contribution in [0, 0.1) is 13.8 Å². The van der Waals surface area contributed by atoms with Crippen molar-refractivity contribution in [3.8, 4) is 0 Å². The molecule has 0 radical (unpaired) electrons. The van der Waals surface area contributed by atoms with E-state index < -0.39 is 0 Å². The molecule has 0 atom stereocenters. The van der Waals surface area contributed by atoms with Crippen LogP contribution in [0.4, 0.5) is 5.69 Å². The second-order valence-corrected chi connectivity index (χ2v) is 7.72. The first-order valence-electron chi connectivity index (χ1n) is 9.91. The van der Waals surface area contributed by atoms with E-state index in [1.165, 1.54) is 6.20 Å². The molecule has 1 aliphatic carbocycles. The molecular formula is C23H21ClN4O3. The van der Waals surface area contributed by atoms with Gasteiger partial charge < -0.3 is 9.73 Å². The summed E-state index contributed by atoms with van der Waals surface area (Å²) >= 11 is 6.15. The van der Waals surface area contributed by atoms with E-state index in [1.807, 2.05) is 13.8 Å². The van der Waals surface area contributed by atoms with Crippen LogP contribution in [0.1, 0.15) is 56.2 Å². The van der Waals surface area contributed by atoms with Crippen molar-refractivity contribution in [3.05, 3.63) is 81.5 Å². The number of rotatable bonds is 4. The molecule has 0 spiro atoms. The summed E-state index contributed by atoms with van der Waals surface area (Å²) in [5, 5.41) is 7.77. The predicted octanol–water partition coefficient (Wildman–Crippen LogP) is 4.67. The number of aromatic nitrogens is 1. The highest BCUT2D eigenvalue weighted by atomic mass is 35.5. The number of hydrogen-bond acceptors (Lipinski definition) is 5. The van der Waals surface area contributed by atoms with E-state index in [9.17, 15) is 9.59 Å². The maximum atomic E-state index is 12.9. The monoisotopic (exact) mass is 436 g/mol. The molecule has 31 heavy (non-hydrogen) atoms. The average Bonchev–Trinajstić information content (AvgIpc) is 3.13. The van der Waals surface area contributed by atoms with Crippen LogP contribution in [-0.2, 0) is 6.42 Å². The molecular weight excluding hydrogens is 416 g/mol. The fraction of sp³-hybridized carbons (Fsp3) is 0.217. The zero-order chi connectivity index (χ0) is 22.0. The molecule has 0 fully saturated rings. The Bertz CT molecular complexity index is 1190. The average molecular weight is 437 g/mol. The number of hydrazone groups is 1. The molecule has 4 rings (SSSR count). The summed E-state index contributed by atoms with van der Waals surface area (Å²) in [6.45, 7) is 3.67. The van der Waals surface area contributed by atoms with Crippen molar-refractivity contribution in [2.75, 3.05) is 5.32 Å². The van der Waals surface area contributed by atoms with E-state index in [1.54, 1.807) is 36.5 Å². The minimum Gasteiger partial charge on any atom is -0.455 e. The number of amides is 2. The van der Waals surface area contributed by atoms with E-state index in [2.05, 4.69) is 20.8 Å². The molecule has 3 aromatic rings. The molecule has 2 N–H and O–H groups in total. The van der Waals surface area contributed by atoms with Crippen LogP contribution in [0.5, 0.6) is 0 Å². The quantitative estimate of drug-likeness (QED) is 0.581. The zero-order valence-corrected chi connectivity index (χ0v) is 17.9. The van der Waals surface area contributed by atoms with E-state index in [0.29, 0.717) is 46.2 Å². The number of nitrogens with zero attached hydrogens (tertiary/aromatic N) is 2. The molecule has 7 nitrogen and oxygen atoms in total. The summed E-state index contributed by atoms with van der Waals surface area (Å²) in [6, 6.07) is 8.69. The standard InChI is InChI=1S/C23H21ClN4O3/c1-13-16(24)7-3-8-17(13)26-23(30)21-14(2)20-18(9-4-10-19(20)31-21)27-28-22(29)15-6-5-11-25-12-15/h3,5-8,11-12H,4,9-10H2,1-2H3,(H,26,30)(H,28,29)/b27-18+. The van der Waals surface area contributed by atoms with Crippen molar-refractivity contribution in [1.29, 1.82) is 0 Å². The largest absolute Gasteiger partial charge is 0.455 e. The smallest absolute Gasteiger partial charge is 0.291 e. The van der Waals surface area contributed by atoms with Gasteiger partial charge in [0, 0.05) is 40.7 Å². The molecule has 1 aliphatic rings. The normalized spacial score (nSPS) is 14.2. The second kappa shape index (κ2) is 8.73. The molecule has 0 aliphatic heterocycles. The van der Waals surface area contributed by atoms with E-state index in [4.69, 9.17) is 16.0 Å². The lowest BCUT2D eigenvalue weighted by Crippen LogP contribution is -2.22. The number of furan rings is 1. The summed E-state index contributed by atoms with van der Waals surface area (Å²) in [7, 11) is 0. The van der Waals surface area contributed by atoms with E-state index >= 15 is 0 Å². The first-order chi connectivity index (χ1) is 15.0. The first kappa shape index (κ1) is 20.8. The van der Waals surface area contributed by atoms with Gasteiger partial charge in [0.1, 0.15) is 5.76 Å². The topological polar surface area (TPSA) is 96.6 Å². The van der Waals surface area contributed by atoms with Crippen LogP contribution in [0.3, 0.4) is 0 Å². The van der Waals surface area contributed by atoms with E-state index in [0.717, 1.165) is 17.5 Å². The molecule has 0 saturated carbocycles. The minimum absolute atomic E-state index is 0.234. The maximum Gasteiger partial charge on any atom is 0.291 e.